The van der Waals surface area contributed by atoms with Gasteiger partial charge in [-0.05, 0) is 63.0 Å². The molecule has 0 spiro atoms. The fraction of sp³-hybridized carbons (Fsp3) is 0.579. The van der Waals surface area contributed by atoms with Crippen LogP contribution in [0.5, 0.6) is 0 Å². The Labute approximate surface area is 170 Å². The first-order valence-electron chi connectivity index (χ1n) is 9.68. The average Bonchev–Trinajstić information content (AvgIpc) is 2.98. The minimum Gasteiger partial charge on any atom is -0.473 e. The summed E-state index contributed by atoms with van der Waals surface area (Å²) in [6.07, 6.45) is 6.92. The third-order valence-corrected chi connectivity index (χ3v) is 7.13. The highest BCUT2D eigenvalue weighted by Gasteiger charge is 2.31. The number of sulfonamides is 1. The lowest BCUT2D eigenvalue weighted by atomic mass is 10.0. The number of halogens is 1. The van der Waals surface area contributed by atoms with E-state index in [0.717, 1.165) is 25.9 Å². The van der Waals surface area contributed by atoms with Gasteiger partial charge in [-0.1, -0.05) is 12.8 Å². The molecule has 1 aromatic carbocycles. The van der Waals surface area contributed by atoms with Gasteiger partial charge in [-0.15, -0.1) is 0 Å². The van der Waals surface area contributed by atoms with Crippen LogP contribution in [0, 0.1) is 5.82 Å². The first kappa shape index (κ1) is 23.2. The number of benzene rings is 1. The number of carboxylic acid groups (broad SMARTS) is 2. The van der Waals surface area contributed by atoms with Gasteiger partial charge >= 0.3 is 11.9 Å². The number of hydrogen-bond donors (Lipinski definition) is 2. The fourth-order valence-electron chi connectivity index (χ4n) is 3.66. The third kappa shape index (κ3) is 6.76. The van der Waals surface area contributed by atoms with Gasteiger partial charge in [0, 0.05) is 19.1 Å². The molecule has 2 aliphatic rings. The molecular formula is C19H27FN2O6S. The maximum absolute atomic E-state index is 13.0. The summed E-state index contributed by atoms with van der Waals surface area (Å²) in [4.78, 5) is 20.9. The van der Waals surface area contributed by atoms with Crippen molar-refractivity contribution in [1.29, 1.82) is 0 Å². The van der Waals surface area contributed by atoms with Crippen molar-refractivity contribution in [2.75, 3.05) is 26.2 Å². The second-order valence-corrected chi connectivity index (χ2v) is 9.09. The Balaban J connectivity index is 0.000000438. The zero-order valence-corrected chi connectivity index (χ0v) is 17.0. The maximum Gasteiger partial charge on any atom is 0.414 e. The number of piperidine rings is 1. The largest absolute Gasteiger partial charge is 0.473 e. The monoisotopic (exact) mass is 430 g/mol. The molecule has 10 heteroatoms. The van der Waals surface area contributed by atoms with Gasteiger partial charge in [0.2, 0.25) is 10.0 Å². The Kier molecular flexibility index (Phi) is 8.54. The molecule has 1 aromatic rings. The third-order valence-electron chi connectivity index (χ3n) is 5.21. The number of rotatable bonds is 3. The first-order chi connectivity index (χ1) is 13.7. The average molecular weight is 430 g/mol. The topological polar surface area (TPSA) is 115 Å². The molecule has 0 atom stereocenters. The summed E-state index contributed by atoms with van der Waals surface area (Å²) in [5.74, 6) is -4.06. The summed E-state index contributed by atoms with van der Waals surface area (Å²) in [6.45, 7) is 3.41. The minimum absolute atomic E-state index is 0.187. The second-order valence-electron chi connectivity index (χ2n) is 7.15. The summed E-state index contributed by atoms with van der Waals surface area (Å²) in [7, 11) is -3.49. The van der Waals surface area contributed by atoms with Gasteiger partial charge in [0.1, 0.15) is 5.82 Å². The molecule has 0 saturated carbocycles. The molecule has 0 aromatic heterocycles. The van der Waals surface area contributed by atoms with E-state index in [9.17, 15) is 12.8 Å². The molecule has 2 heterocycles. The van der Waals surface area contributed by atoms with Crippen molar-refractivity contribution in [3.8, 4) is 0 Å². The second kappa shape index (κ2) is 10.7. The Morgan fingerprint density at radius 3 is 1.79 bits per heavy atom. The number of aliphatic carboxylic acids is 2. The number of carboxylic acids is 2. The highest BCUT2D eigenvalue weighted by Crippen LogP contribution is 2.25. The van der Waals surface area contributed by atoms with Crippen molar-refractivity contribution in [3.63, 3.8) is 0 Å². The van der Waals surface area contributed by atoms with Crippen molar-refractivity contribution < 1.29 is 32.6 Å². The van der Waals surface area contributed by atoms with Crippen LogP contribution >= 0.6 is 0 Å². The maximum atomic E-state index is 13.0. The van der Waals surface area contributed by atoms with Gasteiger partial charge in [-0.2, -0.15) is 4.31 Å². The van der Waals surface area contributed by atoms with Crippen molar-refractivity contribution in [2.45, 2.75) is 49.5 Å². The van der Waals surface area contributed by atoms with E-state index in [2.05, 4.69) is 4.90 Å². The zero-order chi connectivity index (χ0) is 21.4. The molecule has 0 aliphatic carbocycles. The van der Waals surface area contributed by atoms with Crippen LogP contribution in [-0.4, -0.2) is 72.0 Å². The standard InChI is InChI=1S/C17H25FN2O2S.C2H2O4/c18-15-5-7-17(8-6-15)23(21,22)20-13-9-16(10-14-20)19-11-3-1-2-4-12-19;3-1(4)2(5)6/h5-8,16H,1-4,9-14H2;(H,3,4)(H,5,6). The normalized spacial score (nSPS) is 19.6. The minimum atomic E-state index is -3.49. The lowest BCUT2D eigenvalue weighted by molar-refractivity contribution is -0.159. The van der Waals surface area contributed by atoms with E-state index >= 15 is 0 Å². The molecule has 2 N–H and O–H groups in total. The van der Waals surface area contributed by atoms with Crippen LogP contribution in [0.2, 0.25) is 0 Å². The number of carbonyl (C=O) groups is 2. The first-order valence-corrected chi connectivity index (χ1v) is 11.1. The van der Waals surface area contributed by atoms with Crippen LogP contribution in [0.3, 0.4) is 0 Å². The van der Waals surface area contributed by atoms with Gasteiger partial charge in [0.25, 0.3) is 0 Å². The van der Waals surface area contributed by atoms with Crippen LogP contribution in [0.25, 0.3) is 0 Å². The molecular weight excluding hydrogens is 403 g/mol. The van der Waals surface area contributed by atoms with E-state index in [4.69, 9.17) is 19.8 Å². The quantitative estimate of drug-likeness (QED) is 0.705. The number of nitrogens with zero attached hydrogens (tertiary/aromatic N) is 2. The predicted octanol–water partition coefficient (Wildman–Crippen LogP) is 2.01. The molecule has 29 heavy (non-hydrogen) atoms. The highest BCUT2D eigenvalue weighted by atomic mass is 32.2. The Bertz CT molecular complexity index is 771. The zero-order valence-electron chi connectivity index (χ0n) is 16.2. The molecule has 2 saturated heterocycles. The van der Waals surface area contributed by atoms with Gasteiger partial charge < -0.3 is 15.1 Å². The molecule has 8 nitrogen and oxygen atoms in total. The van der Waals surface area contributed by atoms with Crippen molar-refractivity contribution in [1.82, 2.24) is 9.21 Å². The van der Waals surface area contributed by atoms with Crippen LogP contribution in [-0.2, 0) is 19.6 Å². The Morgan fingerprint density at radius 2 is 1.34 bits per heavy atom. The van der Waals surface area contributed by atoms with Crippen molar-refractivity contribution >= 4 is 22.0 Å². The molecule has 0 unspecified atom stereocenters. The van der Waals surface area contributed by atoms with Gasteiger partial charge in [0.15, 0.2) is 0 Å². The smallest absolute Gasteiger partial charge is 0.414 e. The van der Waals surface area contributed by atoms with Crippen LogP contribution < -0.4 is 0 Å². The molecule has 162 valence electrons. The van der Waals surface area contributed by atoms with Gasteiger partial charge in [-0.25, -0.2) is 22.4 Å². The van der Waals surface area contributed by atoms with Crippen molar-refractivity contribution in [3.05, 3.63) is 30.1 Å². The van der Waals surface area contributed by atoms with Crippen LogP contribution in [0.1, 0.15) is 38.5 Å². The molecule has 0 radical (unpaired) electrons. The van der Waals surface area contributed by atoms with E-state index < -0.39 is 27.8 Å². The van der Waals surface area contributed by atoms with E-state index in [1.165, 1.54) is 49.9 Å². The van der Waals surface area contributed by atoms with E-state index in [0.29, 0.717) is 19.1 Å². The SMILES string of the molecule is O=C(O)C(=O)O.O=S(=O)(c1ccc(F)cc1)N1CCC(N2CCCCCC2)CC1. The van der Waals surface area contributed by atoms with Crippen LogP contribution in [0.4, 0.5) is 4.39 Å². The summed E-state index contributed by atoms with van der Waals surface area (Å²) in [5.41, 5.74) is 0. The Hall–Kier alpha value is -2.04. The molecule has 3 rings (SSSR count). The summed E-state index contributed by atoms with van der Waals surface area (Å²) >= 11 is 0. The van der Waals surface area contributed by atoms with Crippen LogP contribution in [0.15, 0.2) is 29.2 Å². The number of hydrogen-bond acceptors (Lipinski definition) is 5. The summed E-state index contributed by atoms with van der Waals surface area (Å²) in [6, 6.07) is 5.62. The molecule has 2 fully saturated rings. The lowest BCUT2D eigenvalue weighted by Crippen LogP contribution is -2.46. The van der Waals surface area contributed by atoms with E-state index in [-0.39, 0.29) is 4.90 Å². The Morgan fingerprint density at radius 1 is 0.862 bits per heavy atom. The molecule has 2 aliphatic heterocycles. The summed E-state index contributed by atoms with van der Waals surface area (Å²) in [5, 5.41) is 14.8. The highest BCUT2D eigenvalue weighted by molar-refractivity contribution is 7.89. The van der Waals surface area contributed by atoms with Crippen molar-refractivity contribution in [2.24, 2.45) is 0 Å². The number of likely N-dealkylation sites (tertiary alicyclic amines) is 1. The molecule has 0 amide bonds. The van der Waals surface area contributed by atoms with Gasteiger partial charge in [0.05, 0.1) is 4.90 Å². The van der Waals surface area contributed by atoms with E-state index in [1.54, 1.807) is 4.31 Å². The lowest BCUT2D eigenvalue weighted by Gasteiger charge is -2.37. The van der Waals surface area contributed by atoms with E-state index in [1.807, 2.05) is 0 Å². The fourth-order valence-corrected chi connectivity index (χ4v) is 5.13. The summed E-state index contributed by atoms with van der Waals surface area (Å²) < 4.78 is 39.8. The molecule has 0 bridgehead atoms. The predicted molar refractivity (Wildman–Crippen MR) is 103 cm³/mol. The van der Waals surface area contributed by atoms with Gasteiger partial charge in [-0.3, -0.25) is 0 Å².